The van der Waals surface area contributed by atoms with E-state index in [0.717, 1.165) is 32.5 Å². The molecule has 0 bridgehead atoms. The van der Waals surface area contributed by atoms with Gasteiger partial charge in [0.05, 0.1) is 0 Å². The van der Waals surface area contributed by atoms with Crippen LogP contribution >= 0.6 is 0 Å². The van der Waals surface area contributed by atoms with Crippen molar-refractivity contribution in [1.82, 2.24) is 0 Å². The molecule has 35 heavy (non-hydrogen) atoms. The van der Waals surface area contributed by atoms with Crippen LogP contribution in [0.4, 0.5) is 0 Å². The van der Waals surface area contributed by atoms with Gasteiger partial charge in [-0.15, -0.1) is 0 Å². The summed E-state index contributed by atoms with van der Waals surface area (Å²) in [5.41, 5.74) is 2.73. The van der Waals surface area contributed by atoms with Crippen LogP contribution in [0.15, 0.2) is 60.7 Å². The third kappa shape index (κ3) is 5.81. The van der Waals surface area contributed by atoms with E-state index in [2.05, 4.69) is 67.6 Å². The molecule has 0 radical (unpaired) electrons. The molecular formula is C32H36O2Se. The Morgan fingerprint density at radius 1 is 0.629 bits per heavy atom. The van der Waals surface area contributed by atoms with Crippen molar-refractivity contribution in [2.45, 2.75) is 58.5 Å². The molecule has 1 heterocycles. The van der Waals surface area contributed by atoms with E-state index in [-0.39, 0.29) is 0 Å². The van der Waals surface area contributed by atoms with Gasteiger partial charge in [0.2, 0.25) is 0 Å². The predicted molar refractivity (Wildman–Crippen MR) is 152 cm³/mol. The van der Waals surface area contributed by atoms with E-state index in [9.17, 15) is 0 Å². The fraction of sp³-hybridized carbons (Fsp3) is 0.375. The van der Waals surface area contributed by atoms with Gasteiger partial charge in [0.25, 0.3) is 0 Å². The predicted octanol–water partition coefficient (Wildman–Crippen LogP) is 8.42. The monoisotopic (exact) mass is 532 g/mol. The second kappa shape index (κ2) is 11.7. The molecule has 0 N–H and O–H groups in total. The van der Waals surface area contributed by atoms with E-state index in [1.54, 1.807) is 7.11 Å². The summed E-state index contributed by atoms with van der Waals surface area (Å²) in [5.74, 6) is 0. The SMILES string of the molecule is CCCCCOCc1ccc2cc3c(cc2c1)[se]c1cc2cc(CCCCCOC)ccc2cc13. The van der Waals surface area contributed by atoms with Crippen LogP contribution in [0.25, 0.3) is 40.8 Å². The number of fused-ring (bicyclic) bond motifs is 5. The maximum absolute atomic E-state index is 5.91. The first-order valence-electron chi connectivity index (χ1n) is 13.1. The topological polar surface area (TPSA) is 18.5 Å². The normalized spacial score (nSPS) is 11.9. The van der Waals surface area contributed by atoms with Gasteiger partial charge in [0.1, 0.15) is 0 Å². The Kier molecular flexibility index (Phi) is 8.21. The van der Waals surface area contributed by atoms with Crippen LogP contribution in [-0.2, 0) is 22.5 Å². The standard InChI is InChI=1S/C32H36O2Se/c1-3-4-7-15-34-22-24-11-13-26-19-30-29-18-25-12-10-23(9-6-5-8-14-33-2)16-27(25)20-31(29)35-32(30)21-28(26)17-24/h10-13,16-21H,3-9,14-15,22H2,1-2H3. The number of rotatable bonds is 12. The Balaban J connectivity index is 1.39. The van der Waals surface area contributed by atoms with Crippen molar-refractivity contribution in [2.24, 2.45) is 0 Å². The van der Waals surface area contributed by atoms with Gasteiger partial charge in [-0.2, -0.15) is 0 Å². The van der Waals surface area contributed by atoms with E-state index < -0.39 is 0 Å². The van der Waals surface area contributed by atoms with Gasteiger partial charge in [-0.1, -0.05) is 0 Å². The molecule has 5 rings (SSSR count). The van der Waals surface area contributed by atoms with Crippen molar-refractivity contribution in [1.29, 1.82) is 0 Å². The molecule has 0 aliphatic carbocycles. The van der Waals surface area contributed by atoms with Gasteiger partial charge in [-0.05, 0) is 0 Å². The first-order chi connectivity index (χ1) is 17.2. The maximum atomic E-state index is 5.91. The summed E-state index contributed by atoms with van der Waals surface area (Å²) in [6, 6.07) is 23.6. The van der Waals surface area contributed by atoms with Crippen molar-refractivity contribution in [3.05, 3.63) is 71.8 Å². The van der Waals surface area contributed by atoms with Gasteiger partial charge in [0.15, 0.2) is 0 Å². The average molecular weight is 532 g/mol. The average Bonchev–Trinajstić information content (AvgIpc) is 3.21. The van der Waals surface area contributed by atoms with Crippen LogP contribution in [0.1, 0.15) is 56.6 Å². The van der Waals surface area contributed by atoms with Gasteiger partial charge in [0, 0.05) is 0 Å². The van der Waals surface area contributed by atoms with Crippen molar-refractivity contribution in [3.8, 4) is 0 Å². The molecule has 0 saturated heterocycles. The molecule has 0 fully saturated rings. The number of methoxy groups -OCH3 is 1. The first kappa shape index (κ1) is 24.5. The quantitative estimate of drug-likeness (QED) is 0.119. The van der Waals surface area contributed by atoms with E-state index in [1.807, 2.05) is 0 Å². The molecule has 0 aliphatic heterocycles. The minimum atomic E-state index is 0.357. The van der Waals surface area contributed by atoms with Crippen molar-refractivity contribution < 1.29 is 9.47 Å². The van der Waals surface area contributed by atoms with Crippen molar-refractivity contribution >= 4 is 55.3 Å². The zero-order valence-corrected chi connectivity index (χ0v) is 22.8. The van der Waals surface area contributed by atoms with Crippen LogP contribution < -0.4 is 0 Å². The second-order valence-corrected chi connectivity index (χ2v) is 12.0. The molecule has 0 unspecified atom stereocenters. The van der Waals surface area contributed by atoms with Crippen LogP contribution in [0.3, 0.4) is 0 Å². The Bertz CT molecular complexity index is 1320. The molecule has 0 saturated carbocycles. The first-order valence-corrected chi connectivity index (χ1v) is 14.8. The van der Waals surface area contributed by atoms with Gasteiger partial charge in [-0.3, -0.25) is 0 Å². The molecule has 1 aromatic heterocycles. The Hall–Kier alpha value is -2.16. The fourth-order valence-corrected chi connectivity index (χ4v) is 7.45. The summed E-state index contributed by atoms with van der Waals surface area (Å²) in [6.45, 7) is 4.67. The second-order valence-electron chi connectivity index (χ2n) is 9.72. The molecular weight excluding hydrogens is 495 g/mol. The molecule has 0 atom stereocenters. The number of benzene rings is 4. The molecule has 4 aromatic carbocycles. The summed E-state index contributed by atoms with van der Waals surface area (Å²) in [6.07, 6.45) is 8.40. The van der Waals surface area contributed by atoms with E-state index in [4.69, 9.17) is 9.47 Å². The van der Waals surface area contributed by atoms with Gasteiger partial charge in [-0.25, -0.2) is 0 Å². The van der Waals surface area contributed by atoms with Gasteiger partial charge >= 0.3 is 215 Å². The van der Waals surface area contributed by atoms with Crippen LogP contribution in [0.2, 0.25) is 0 Å². The van der Waals surface area contributed by atoms with Crippen LogP contribution in [0.5, 0.6) is 0 Å². The Morgan fingerprint density at radius 3 is 1.97 bits per heavy atom. The van der Waals surface area contributed by atoms with E-state index in [1.165, 1.54) is 77.6 Å². The van der Waals surface area contributed by atoms with Crippen molar-refractivity contribution in [3.63, 3.8) is 0 Å². The summed E-state index contributed by atoms with van der Waals surface area (Å²) in [4.78, 5) is 0. The molecule has 182 valence electrons. The van der Waals surface area contributed by atoms with Crippen LogP contribution in [0, 0.1) is 0 Å². The molecule has 0 spiro atoms. The third-order valence-corrected chi connectivity index (χ3v) is 9.33. The molecule has 5 aromatic rings. The molecule has 3 heteroatoms. The number of hydrogen-bond acceptors (Lipinski definition) is 2. The van der Waals surface area contributed by atoms with Crippen LogP contribution in [-0.4, -0.2) is 34.8 Å². The van der Waals surface area contributed by atoms with E-state index >= 15 is 0 Å². The van der Waals surface area contributed by atoms with Gasteiger partial charge < -0.3 is 0 Å². The summed E-state index contributed by atoms with van der Waals surface area (Å²) in [5, 5.41) is 8.27. The third-order valence-electron chi connectivity index (χ3n) is 6.99. The molecule has 2 nitrogen and oxygen atoms in total. The van der Waals surface area contributed by atoms with Crippen molar-refractivity contribution in [2.75, 3.05) is 20.3 Å². The zero-order valence-electron chi connectivity index (χ0n) is 21.1. The number of hydrogen-bond donors (Lipinski definition) is 0. The Morgan fingerprint density at radius 2 is 1.29 bits per heavy atom. The summed E-state index contributed by atoms with van der Waals surface area (Å²) < 4.78 is 14.1. The number of unbranched alkanes of at least 4 members (excludes halogenated alkanes) is 4. The number of aryl methyl sites for hydroxylation is 1. The molecule has 0 amide bonds. The van der Waals surface area contributed by atoms with E-state index in [0.29, 0.717) is 21.1 Å². The minimum absolute atomic E-state index is 0.357. The summed E-state index contributed by atoms with van der Waals surface area (Å²) >= 11 is 0.357. The number of ether oxygens (including phenoxy) is 2. The molecule has 0 aliphatic rings. The zero-order chi connectivity index (χ0) is 24.0. The Labute approximate surface area is 215 Å². The summed E-state index contributed by atoms with van der Waals surface area (Å²) in [7, 11) is 1.78. The fourth-order valence-electron chi connectivity index (χ4n) is 5.00.